The van der Waals surface area contributed by atoms with Crippen molar-refractivity contribution in [3.8, 4) is 0 Å². The van der Waals surface area contributed by atoms with E-state index in [1.807, 2.05) is 0 Å². The predicted molar refractivity (Wildman–Crippen MR) is 34.1 cm³/mol. The van der Waals surface area contributed by atoms with E-state index in [0.29, 0.717) is 5.12 Å². The molecular weight excluding hydrogens is 179 g/mol. The summed E-state index contributed by atoms with van der Waals surface area (Å²) in [6.07, 6.45) is 0. The minimum absolute atomic E-state index is 0.306. The molecule has 11 heavy (non-hydrogen) atoms. The van der Waals surface area contributed by atoms with E-state index in [2.05, 4.69) is 17.4 Å². The zero-order valence-corrected chi connectivity index (χ0v) is 6.18. The van der Waals surface area contributed by atoms with E-state index in [-0.39, 0.29) is 0 Å². The smallest absolute Gasteiger partial charge is 0.349 e. The lowest BCUT2D eigenvalue weighted by Crippen LogP contribution is -2.46. The van der Waals surface area contributed by atoms with Gasteiger partial charge in [0.2, 0.25) is 0 Å². The van der Waals surface area contributed by atoms with Gasteiger partial charge in [0.15, 0.2) is 0 Å². The summed E-state index contributed by atoms with van der Waals surface area (Å²) in [5, 5.41) is 0.306. The number of hydrazine groups is 2. The van der Waals surface area contributed by atoms with Crippen LogP contribution in [0.25, 0.3) is 0 Å². The molecule has 10 heteroatoms. The molecule has 9 nitrogen and oxygen atoms in total. The molecule has 0 aliphatic heterocycles. The highest BCUT2D eigenvalue weighted by molar-refractivity contribution is 7.45. The minimum atomic E-state index is -4.64. The van der Waals surface area contributed by atoms with Crippen molar-refractivity contribution in [2.24, 2.45) is 17.4 Å². The number of carbonyl (C=O) groups excluding carboxylic acids is 1. The fourth-order valence-corrected chi connectivity index (χ4v) is 0. The van der Waals surface area contributed by atoms with Crippen molar-refractivity contribution < 1.29 is 24.0 Å². The highest BCUT2D eigenvalue weighted by Gasteiger charge is 2.00. The Labute approximate surface area is 61.6 Å². The van der Waals surface area contributed by atoms with E-state index < -0.39 is 13.9 Å². The first-order valence-corrected chi connectivity index (χ1v) is 3.58. The topological polar surface area (TPSA) is 176 Å². The highest BCUT2D eigenvalue weighted by atomic mass is 31.2. The first-order chi connectivity index (χ1) is 4.64. The van der Waals surface area contributed by atoms with E-state index in [1.54, 1.807) is 0 Å². The van der Waals surface area contributed by atoms with Crippen LogP contribution in [0.2, 0.25) is 0 Å². The van der Waals surface area contributed by atoms with Gasteiger partial charge in [0, 0.05) is 0 Å². The number of nitrogens with zero attached hydrogens (tertiary/aromatic N) is 1. The molecule has 2 amide bonds. The van der Waals surface area contributed by atoms with Crippen LogP contribution in [0.3, 0.4) is 0 Å². The van der Waals surface area contributed by atoms with Gasteiger partial charge >= 0.3 is 13.9 Å². The normalized spacial score (nSPS) is 9.55. The lowest BCUT2D eigenvalue weighted by Gasteiger charge is -2.00. The van der Waals surface area contributed by atoms with Gasteiger partial charge in [-0.15, -0.1) is 0 Å². The van der Waals surface area contributed by atoms with E-state index in [1.165, 1.54) is 0 Å². The third-order valence-corrected chi connectivity index (χ3v) is 0.254. The molecule has 68 valence electrons. The average molecular weight is 188 g/mol. The van der Waals surface area contributed by atoms with Crippen molar-refractivity contribution in [3.63, 3.8) is 0 Å². The van der Waals surface area contributed by atoms with Gasteiger partial charge < -0.3 is 20.4 Å². The van der Waals surface area contributed by atoms with Gasteiger partial charge in [-0.1, -0.05) is 0 Å². The predicted octanol–water partition coefficient (Wildman–Crippen LogP) is -2.81. The molecule has 0 aliphatic rings. The summed E-state index contributed by atoms with van der Waals surface area (Å²) < 4.78 is 8.88. The molecule has 0 aromatic heterocycles. The van der Waals surface area contributed by atoms with Crippen LogP contribution in [-0.2, 0) is 4.57 Å². The second kappa shape index (κ2) is 5.02. The van der Waals surface area contributed by atoms with Crippen LogP contribution in [0.15, 0.2) is 0 Å². The number of rotatable bonds is 0. The lowest BCUT2D eigenvalue weighted by atomic mass is 11.1. The monoisotopic (exact) mass is 188 g/mol. The second-order valence-corrected chi connectivity index (χ2v) is 2.29. The molecule has 9 N–H and O–H groups in total. The summed E-state index contributed by atoms with van der Waals surface area (Å²) in [4.78, 5) is 31.2. The Morgan fingerprint density at radius 1 is 1.27 bits per heavy atom. The number of nitrogens with two attached hydrogens (primary N) is 3. The van der Waals surface area contributed by atoms with Crippen molar-refractivity contribution in [1.82, 2.24) is 5.12 Å². The molecule has 0 radical (unpaired) electrons. The molecule has 0 unspecified atom stereocenters. The van der Waals surface area contributed by atoms with Gasteiger partial charge in [0.25, 0.3) is 0 Å². The molecule has 0 atom stereocenters. The number of primary amides is 1. The molecule has 0 bridgehead atoms. The minimum Gasteiger partial charge on any atom is -0.349 e. The third kappa shape index (κ3) is 45.5. The number of phosphoric acid groups is 1. The standard InChI is InChI=1S/CH6N4O.H3O4P/c2-1(6)5(3)4;1-5(2,3)4/h3-4H2,(H2,2,6);(H3,1,2,3,4). The number of amides is 2. The molecular formula is CH9N4O5P. The number of carbonyl (C=O) groups is 1. The van der Waals surface area contributed by atoms with Gasteiger partial charge in [-0.05, 0) is 0 Å². The quantitative estimate of drug-likeness (QED) is 0.103. The van der Waals surface area contributed by atoms with E-state index in [9.17, 15) is 4.79 Å². The van der Waals surface area contributed by atoms with Gasteiger partial charge in [-0.3, -0.25) is 0 Å². The summed E-state index contributed by atoms with van der Waals surface area (Å²) in [7, 11) is -4.64. The maximum absolute atomic E-state index is 9.60. The second-order valence-electron chi connectivity index (χ2n) is 1.26. The van der Waals surface area contributed by atoms with E-state index >= 15 is 0 Å². The molecule has 0 aliphatic carbocycles. The fraction of sp³-hybridized carbons (Fsp3) is 0. The molecule has 0 spiro atoms. The van der Waals surface area contributed by atoms with Gasteiger partial charge in [0.1, 0.15) is 0 Å². The number of hydrogen-bond acceptors (Lipinski definition) is 4. The van der Waals surface area contributed by atoms with Crippen LogP contribution in [0.1, 0.15) is 0 Å². The lowest BCUT2D eigenvalue weighted by molar-refractivity contribution is 0.210. The Kier molecular flexibility index (Phi) is 5.90. The summed E-state index contributed by atoms with van der Waals surface area (Å²) >= 11 is 0. The summed E-state index contributed by atoms with van der Waals surface area (Å²) in [5.41, 5.74) is 4.47. The Hall–Kier alpha value is -0.700. The molecule has 0 fully saturated rings. The van der Waals surface area contributed by atoms with E-state index in [0.717, 1.165) is 0 Å². The summed E-state index contributed by atoms with van der Waals surface area (Å²) in [6.45, 7) is 0. The van der Waals surface area contributed by atoms with Gasteiger partial charge in [0.05, 0.1) is 0 Å². The van der Waals surface area contributed by atoms with Crippen molar-refractivity contribution in [1.29, 1.82) is 0 Å². The Morgan fingerprint density at radius 2 is 1.36 bits per heavy atom. The van der Waals surface area contributed by atoms with Gasteiger partial charge in [-0.2, -0.15) is 5.12 Å². The Balaban J connectivity index is 0. The first-order valence-electron chi connectivity index (χ1n) is 2.02. The van der Waals surface area contributed by atoms with Crippen molar-refractivity contribution in [2.45, 2.75) is 0 Å². The van der Waals surface area contributed by atoms with Crippen molar-refractivity contribution >= 4 is 13.9 Å². The summed E-state index contributed by atoms with van der Waals surface area (Å²) in [5.74, 6) is 9.14. The zero-order valence-electron chi connectivity index (χ0n) is 5.28. The Morgan fingerprint density at radius 3 is 1.36 bits per heavy atom. The highest BCUT2D eigenvalue weighted by Crippen LogP contribution is 2.25. The van der Waals surface area contributed by atoms with Crippen LogP contribution < -0.4 is 17.4 Å². The van der Waals surface area contributed by atoms with Crippen molar-refractivity contribution in [3.05, 3.63) is 0 Å². The van der Waals surface area contributed by atoms with Crippen LogP contribution in [0, 0.1) is 0 Å². The SMILES string of the molecule is NC(=O)N(N)N.O=P(O)(O)O. The molecule has 0 aromatic rings. The van der Waals surface area contributed by atoms with Crippen LogP contribution in [0.5, 0.6) is 0 Å². The molecule has 0 saturated heterocycles. The number of hydrogen-bond donors (Lipinski definition) is 6. The van der Waals surface area contributed by atoms with Gasteiger partial charge in [-0.25, -0.2) is 21.0 Å². The average Bonchev–Trinajstić information content (AvgIpc) is 1.59. The third-order valence-electron chi connectivity index (χ3n) is 0.254. The van der Waals surface area contributed by atoms with E-state index in [4.69, 9.17) is 19.2 Å². The van der Waals surface area contributed by atoms with Crippen LogP contribution in [-0.4, -0.2) is 25.8 Å². The van der Waals surface area contributed by atoms with Crippen LogP contribution >= 0.6 is 7.82 Å². The largest absolute Gasteiger partial charge is 0.466 e. The molecule has 0 aromatic carbocycles. The number of urea groups is 1. The zero-order chi connectivity index (χ0) is 9.65. The maximum atomic E-state index is 9.60. The molecule has 0 rings (SSSR count). The molecule has 0 heterocycles. The Bertz CT molecular complexity index is 154. The first kappa shape index (κ1) is 12.9. The maximum Gasteiger partial charge on any atom is 0.466 e. The fourth-order valence-electron chi connectivity index (χ4n) is 0. The van der Waals surface area contributed by atoms with Crippen LogP contribution in [0.4, 0.5) is 4.79 Å². The summed E-state index contributed by atoms with van der Waals surface area (Å²) in [6, 6.07) is -0.852. The van der Waals surface area contributed by atoms with Crippen molar-refractivity contribution in [2.75, 3.05) is 0 Å². The molecule has 0 saturated carbocycles.